The Bertz CT molecular complexity index is 855. The average molecular weight is 1110 g/mol. The summed E-state index contributed by atoms with van der Waals surface area (Å²) in [5.74, 6) is 0. The lowest BCUT2D eigenvalue weighted by molar-refractivity contribution is 0.0320. The summed E-state index contributed by atoms with van der Waals surface area (Å²) < 4.78 is 37.0. The maximum Gasteiger partial charge on any atom is 0.0745 e. The van der Waals surface area contributed by atoms with E-state index in [1.54, 1.807) is 13.8 Å². The first-order valence-corrected chi connectivity index (χ1v) is 32.8. The summed E-state index contributed by atoms with van der Waals surface area (Å²) in [5, 5.41) is 43.6. The second-order valence-corrected chi connectivity index (χ2v) is 21.3. The molecule has 13 heteroatoms. The van der Waals surface area contributed by atoms with Crippen molar-refractivity contribution in [2.24, 2.45) is 5.73 Å². The van der Waals surface area contributed by atoms with E-state index in [-0.39, 0.29) is 32.0 Å². The zero-order valence-electron chi connectivity index (χ0n) is 51.8. The molecule has 0 amide bonds. The molecule has 0 aliphatic carbocycles. The van der Waals surface area contributed by atoms with Gasteiger partial charge in [-0.2, -0.15) is 0 Å². The van der Waals surface area contributed by atoms with Gasteiger partial charge in [-0.15, -0.1) is 0 Å². The van der Waals surface area contributed by atoms with E-state index in [9.17, 15) is 0 Å². The fourth-order valence-corrected chi connectivity index (χ4v) is 8.42. The molecule has 0 radical (unpaired) electrons. The van der Waals surface area contributed by atoms with Gasteiger partial charge in [0, 0.05) is 33.0 Å². The zero-order chi connectivity index (χ0) is 57.1. The van der Waals surface area contributed by atoms with Crippen molar-refractivity contribution in [3.8, 4) is 0 Å². The van der Waals surface area contributed by atoms with Gasteiger partial charge in [-0.25, -0.2) is 0 Å². The third kappa shape index (κ3) is 98.0. The molecule has 7 N–H and O–H groups in total. The zero-order valence-corrected chi connectivity index (χ0v) is 51.8. The molecule has 0 aromatic rings. The van der Waals surface area contributed by atoms with Gasteiger partial charge in [0.1, 0.15) is 0 Å². The van der Waals surface area contributed by atoms with Crippen LogP contribution >= 0.6 is 0 Å². The number of aliphatic hydroxyl groups is 5. The molecule has 13 nitrogen and oxygen atoms in total. The van der Waals surface area contributed by atoms with Crippen molar-refractivity contribution in [3.63, 3.8) is 0 Å². The molecule has 0 saturated heterocycles. The van der Waals surface area contributed by atoms with Crippen LogP contribution in [0.4, 0.5) is 0 Å². The highest BCUT2D eigenvalue weighted by Gasteiger charge is 2.00. The van der Waals surface area contributed by atoms with Crippen LogP contribution in [0, 0.1) is 0 Å². The molecule has 2 atom stereocenters. The fraction of sp³-hybridized carbons (Fsp3) is 1.00. The Balaban J connectivity index is -0.000000471. The summed E-state index contributed by atoms with van der Waals surface area (Å²) >= 11 is 0. The molecular weight excluding hydrogens is 975 g/mol. The van der Waals surface area contributed by atoms with E-state index in [2.05, 4.69) is 13.8 Å². The normalized spacial score (nSPS) is 11.9. The summed E-state index contributed by atoms with van der Waals surface area (Å²) in [6.07, 6.45) is 52.2. The van der Waals surface area contributed by atoms with Crippen LogP contribution in [-0.2, 0) is 33.2 Å². The fourth-order valence-electron chi connectivity index (χ4n) is 8.42. The molecule has 470 valence electrons. The van der Waals surface area contributed by atoms with Gasteiger partial charge >= 0.3 is 0 Å². The van der Waals surface area contributed by atoms with Gasteiger partial charge in [-0.1, -0.05) is 232 Å². The Labute approximate surface area is 478 Å². The summed E-state index contributed by atoms with van der Waals surface area (Å²) in [4.78, 5) is 0. The third-order valence-corrected chi connectivity index (χ3v) is 13.0. The molecule has 0 aromatic heterocycles. The van der Waals surface area contributed by atoms with Crippen LogP contribution in [-0.4, -0.2) is 157 Å². The standard InChI is InChI=1S/C20H42O6.2C15H32O2.C14H31NO2/c21-11-15-25-19-17-23-13-9-7-5-3-1-2-4-6-8-10-14-24-18-20-26-16-12-22;2*1-3-4-5-6-7-8-9-10-11-12-13-17-14-15(2)16;15-11-9-7-5-3-1-2-4-6-8-10-13-17-14-12-16/h21-22H,1-20H2;2*15-16H,3-14H2,1-2H3;16H,1-15H2/t;2*15-;/m.10./s1. The number of ether oxygens (including phenoxy) is 7. The summed E-state index contributed by atoms with van der Waals surface area (Å²) in [5.41, 5.74) is 5.44. The molecule has 0 fully saturated rings. The summed E-state index contributed by atoms with van der Waals surface area (Å²) in [7, 11) is 0. The molecule has 0 unspecified atom stereocenters. The van der Waals surface area contributed by atoms with Crippen molar-refractivity contribution in [1.82, 2.24) is 0 Å². The maximum atomic E-state index is 8.99. The minimum Gasteiger partial charge on any atom is -0.394 e. The smallest absolute Gasteiger partial charge is 0.0745 e. The van der Waals surface area contributed by atoms with Crippen molar-refractivity contribution in [3.05, 3.63) is 0 Å². The highest BCUT2D eigenvalue weighted by atomic mass is 16.5. The predicted molar refractivity (Wildman–Crippen MR) is 325 cm³/mol. The largest absolute Gasteiger partial charge is 0.394 e. The molecule has 0 aliphatic rings. The van der Waals surface area contributed by atoms with Gasteiger partial charge in [-0.05, 0) is 58.9 Å². The van der Waals surface area contributed by atoms with Crippen LogP contribution in [0.5, 0.6) is 0 Å². The Morgan fingerprint density at radius 3 is 0.636 bits per heavy atom. The molecule has 0 aromatic carbocycles. The second-order valence-electron chi connectivity index (χ2n) is 21.3. The lowest BCUT2D eigenvalue weighted by atomic mass is 10.1. The Morgan fingerprint density at radius 1 is 0.247 bits per heavy atom. The summed E-state index contributed by atoms with van der Waals surface area (Å²) in [6, 6.07) is 0. The molecule has 0 spiro atoms. The van der Waals surface area contributed by atoms with E-state index in [1.807, 2.05) is 0 Å². The van der Waals surface area contributed by atoms with Gasteiger partial charge in [0.05, 0.1) is 91.5 Å². The van der Waals surface area contributed by atoms with Crippen LogP contribution in [0.3, 0.4) is 0 Å². The number of unbranched alkanes of at least 4 members (excludes halogenated alkanes) is 36. The Hall–Kier alpha value is -0.520. The quantitative estimate of drug-likeness (QED) is 0.0316. The van der Waals surface area contributed by atoms with Crippen molar-refractivity contribution in [1.29, 1.82) is 0 Å². The molecule has 0 saturated carbocycles. The highest BCUT2D eigenvalue weighted by Crippen LogP contribution is 2.14. The van der Waals surface area contributed by atoms with Gasteiger partial charge in [-0.3, -0.25) is 0 Å². The molecular formula is C64H137NO12. The van der Waals surface area contributed by atoms with Crippen molar-refractivity contribution < 1.29 is 58.7 Å². The van der Waals surface area contributed by atoms with Gasteiger partial charge in [0.15, 0.2) is 0 Å². The minimum atomic E-state index is -0.321. The topological polar surface area (TPSA) is 192 Å². The number of nitrogens with two attached hydrogens (primary N) is 1. The molecule has 0 heterocycles. The number of rotatable bonds is 63. The first kappa shape index (κ1) is 82.9. The minimum absolute atomic E-state index is 0.0803. The lowest BCUT2D eigenvalue weighted by Crippen LogP contribution is -2.10. The van der Waals surface area contributed by atoms with E-state index in [0.717, 1.165) is 71.7 Å². The lowest BCUT2D eigenvalue weighted by Gasteiger charge is -2.06. The average Bonchev–Trinajstić information content (AvgIpc) is 3.42. The summed E-state index contributed by atoms with van der Waals surface area (Å²) in [6.45, 7) is 17.9. The van der Waals surface area contributed by atoms with Crippen molar-refractivity contribution >= 4 is 0 Å². The number of hydrogen-bond donors (Lipinski definition) is 6. The van der Waals surface area contributed by atoms with E-state index >= 15 is 0 Å². The first-order valence-electron chi connectivity index (χ1n) is 32.8. The van der Waals surface area contributed by atoms with E-state index < -0.39 is 0 Å². The van der Waals surface area contributed by atoms with Crippen LogP contribution in [0.15, 0.2) is 0 Å². The third-order valence-electron chi connectivity index (χ3n) is 13.0. The number of hydrogen-bond acceptors (Lipinski definition) is 13. The number of aliphatic hydroxyl groups excluding tert-OH is 5. The second kappa shape index (κ2) is 84.3. The van der Waals surface area contributed by atoms with Crippen LogP contribution in [0.25, 0.3) is 0 Å². The monoisotopic (exact) mass is 1110 g/mol. The van der Waals surface area contributed by atoms with Crippen LogP contribution < -0.4 is 5.73 Å². The highest BCUT2D eigenvalue weighted by molar-refractivity contribution is 4.52. The SMILES string of the molecule is CCCCCCCCCCCCOC[C@@H](C)O.CCCCCCCCCCCCOC[C@H](C)O.NCCCCCCCCCCCCOCCO.OCCOCCOCCCCCCCCCCCCOCCOCCO. The van der Waals surface area contributed by atoms with Crippen molar-refractivity contribution in [2.45, 2.75) is 297 Å². The van der Waals surface area contributed by atoms with E-state index in [0.29, 0.717) is 59.5 Å². The molecule has 77 heavy (non-hydrogen) atoms. The van der Waals surface area contributed by atoms with Crippen molar-refractivity contribution in [2.75, 3.05) is 119 Å². The predicted octanol–water partition coefficient (Wildman–Crippen LogP) is 14.4. The first-order chi connectivity index (χ1) is 37.9. The van der Waals surface area contributed by atoms with Gasteiger partial charge < -0.3 is 64.4 Å². The van der Waals surface area contributed by atoms with Gasteiger partial charge in [0.25, 0.3) is 0 Å². The Morgan fingerprint density at radius 2 is 0.429 bits per heavy atom. The Kier molecular flexibility index (Phi) is 90.8. The maximum absolute atomic E-state index is 8.99. The van der Waals surface area contributed by atoms with E-state index in [4.69, 9.17) is 64.4 Å². The molecule has 0 bridgehead atoms. The molecule has 0 aliphatic heterocycles. The van der Waals surface area contributed by atoms with Crippen LogP contribution in [0.1, 0.15) is 285 Å². The van der Waals surface area contributed by atoms with Gasteiger partial charge in [0.2, 0.25) is 0 Å². The van der Waals surface area contributed by atoms with Crippen LogP contribution in [0.2, 0.25) is 0 Å². The van der Waals surface area contributed by atoms with E-state index in [1.165, 1.54) is 225 Å². The molecule has 0 rings (SSSR count).